The van der Waals surface area contributed by atoms with E-state index in [2.05, 4.69) is 10.3 Å². The third kappa shape index (κ3) is 5.26. The van der Waals surface area contributed by atoms with Crippen LogP contribution in [0.5, 0.6) is 0 Å². The highest BCUT2D eigenvalue weighted by atomic mass is 16.2. The molecule has 178 valence electrons. The van der Waals surface area contributed by atoms with Crippen LogP contribution in [0.3, 0.4) is 0 Å². The second kappa shape index (κ2) is 10.5. The maximum Gasteiger partial charge on any atom is 0.244 e. The minimum Gasteiger partial charge on any atom is -0.346 e. The van der Waals surface area contributed by atoms with Gasteiger partial charge >= 0.3 is 0 Å². The van der Waals surface area contributed by atoms with Crippen molar-refractivity contribution in [1.82, 2.24) is 24.7 Å². The molecule has 2 aromatic heterocycles. The minimum absolute atomic E-state index is 0.0630. The Bertz CT molecular complexity index is 1150. The number of fused-ring (bicyclic) bond motifs is 1. The van der Waals surface area contributed by atoms with Gasteiger partial charge in [-0.1, -0.05) is 30.3 Å². The van der Waals surface area contributed by atoms with Gasteiger partial charge in [-0.3, -0.25) is 19.4 Å². The molecule has 9 heteroatoms. The van der Waals surface area contributed by atoms with Crippen LogP contribution in [0.2, 0.25) is 0 Å². The molecule has 3 amide bonds. The Kier molecular flexibility index (Phi) is 7.22. The molecule has 0 bridgehead atoms. The van der Waals surface area contributed by atoms with Crippen LogP contribution >= 0.6 is 0 Å². The van der Waals surface area contributed by atoms with Crippen LogP contribution in [0, 0.1) is 0 Å². The van der Waals surface area contributed by atoms with Crippen LogP contribution in [0.1, 0.15) is 24.9 Å². The molecule has 3 N–H and O–H groups in total. The van der Waals surface area contributed by atoms with Crippen molar-refractivity contribution in [3.63, 3.8) is 0 Å². The van der Waals surface area contributed by atoms with Gasteiger partial charge in [-0.25, -0.2) is 0 Å². The van der Waals surface area contributed by atoms with E-state index in [9.17, 15) is 14.4 Å². The highest BCUT2D eigenvalue weighted by molar-refractivity contribution is 5.90. The predicted octanol–water partition coefficient (Wildman–Crippen LogP) is 1.30. The highest BCUT2D eigenvalue weighted by Crippen LogP contribution is 2.15. The van der Waals surface area contributed by atoms with Crippen molar-refractivity contribution in [2.75, 3.05) is 26.2 Å². The third-order valence-electron chi connectivity index (χ3n) is 6.26. The molecular weight excluding hydrogens is 432 g/mol. The number of piperazine rings is 1. The molecule has 1 aliphatic rings. The fourth-order valence-corrected chi connectivity index (χ4v) is 4.22. The molecule has 1 fully saturated rings. The van der Waals surface area contributed by atoms with Crippen LogP contribution < -0.4 is 11.1 Å². The van der Waals surface area contributed by atoms with Crippen molar-refractivity contribution in [2.24, 2.45) is 5.73 Å². The number of nitrogens with zero attached hydrogens (tertiary/aromatic N) is 4. The third-order valence-corrected chi connectivity index (χ3v) is 6.26. The number of carbonyl (C=O) groups excluding carboxylic acids is 3. The van der Waals surface area contributed by atoms with Crippen LogP contribution in [0.4, 0.5) is 0 Å². The van der Waals surface area contributed by atoms with Crippen LogP contribution in [0.15, 0.2) is 61.1 Å². The molecule has 2 unspecified atom stereocenters. The summed E-state index contributed by atoms with van der Waals surface area (Å²) < 4.78 is 2.03. The maximum atomic E-state index is 12.8. The number of aryl methyl sites for hydroxylation is 1. The van der Waals surface area contributed by atoms with Gasteiger partial charge < -0.3 is 25.4 Å². The van der Waals surface area contributed by atoms with E-state index in [0.29, 0.717) is 44.7 Å². The summed E-state index contributed by atoms with van der Waals surface area (Å²) in [6, 6.07) is 11.5. The Morgan fingerprint density at radius 2 is 1.74 bits per heavy atom. The quantitative estimate of drug-likeness (QED) is 0.550. The Hall–Kier alpha value is -3.72. The zero-order valence-electron chi connectivity index (χ0n) is 19.3. The molecule has 1 saturated heterocycles. The normalized spacial score (nSPS) is 15.7. The number of nitrogens with two attached hydrogens (primary N) is 1. The van der Waals surface area contributed by atoms with Gasteiger partial charge in [0.2, 0.25) is 17.7 Å². The molecule has 1 aliphatic heterocycles. The van der Waals surface area contributed by atoms with Gasteiger partial charge in [-0.05, 0) is 24.6 Å². The predicted molar refractivity (Wildman–Crippen MR) is 128 cm³/mol. The lowest BCUT2D eigenvalue weighted by Crippen LogP contribution is -2.55. The average Bonchev–Trinajstić information content (AvgIpc) is 3.30. The Labute approximate surface area is 198 Å². The van der Waals surface area contributed by atoms with E-state index in [1.54, 1.807) is 41.2 Å². The summed E-state index contributed by atoms with van der Waals surface area (Å²) in [5.74, 6) is -0.506. The van der Waals surface area contributed by atoms with Crippen LogP contribution in [-0.4, -0.2) is 69.3 Å². The molecule has 3 heterocycles. The van der Waals surface area contributed by atoms with E-state index in [-0.39, 0.29) is 11.8 Å². The number of rotatable bonds is 7. The standard InChI is InChI=1S/C25H30N6O3/c1-18(28-24(33)23(26)20-5-3-2-4-6-20)25(34)31-15-13-30(14-16-31)22(32)9-12-29-11-8-19-7-10-27-17-21(19)29/h2-8,10-11,17-18,23H,9,12-16,26H2,1H3,(H,28,33). The maximum absolute atomic E-state index is 12.8. The number of benzene rings is 1. The number of aromatic nitrogens is 2. The van der Waals surface area contributed by atoms with E-state index in [1.807, 2.05) is 41.1 Å². The molecule has 0 radical (unpaired) electrons. The second-order valence-electron chi connectivity index (χ2n) is 8.52. The monoisotopic (exact) mass is 462 g/mol. The number of pyridine rings is 1. The number of hydrogen-bond acceptors (Lipinski definition) is 5. The molecule has 3 aromatic rings. The number of hydrogen-bond donors (Lipinski definition) is 2. The van der Waals surface area contributed by atoms with Crippen molar-refractivity contribution in [3.8, 4) is 0 Å². The van der Waals surface area contributed by atoms with Gasteiger partial charge in [0, 0.05) is 56.9 Å². The Morgan fingerprint density at radius 1 is 1.03 bits per heavy atom. The molecule has 2 atom stereocenters. The van der Waals surface area contributed by atoms with Gasteiger partial charge in [-0.2, -0.15) is 0 Å². The second-order valence-corrected chi connectivity index (χ2v) is 8.52. The fraction of sp³-hybridized carbons (Fsp3) is 0.360. The molecular formula is C25H30N6O3. The summed E-state index contributed by atoms with van der Waals surface area (Å²) in [5, 5.41) is 3.81. The largest absolute Gasteiger partial charge is 0.346 e. The van der Waals surface area contributed by atoms with Crippen LogP contribution in [0.25, 0.3) is 10.9 Å². The molecule has 4 rings (SSSR count). The summed E-state index contributed by atoms with van der Waals surface area (Å²) in [6.45, 7) is 4.06. The summed E-state index contributed by atoms with van der Waals surface area (Å²) in [5.41, 5.74) is 7.72. The first-order valence-corrected chi connectivity index (χ1v) is 11.5. The number of carbonyl (C=O) groups is 3. The van der Waals surface area contributed by atoms with Gasteiger partial charge in [0.05, 0.1) is 11.7 Å². The lowest BCUT2D eigenvalue weighted by molar-refractivity contribution is -0.141. The summed E-state index contributed by atoms with van der Waals surface area (Å²) in [4.78, 5) is 45.7. The lowest BCUT2D eigenvalue weighted by atomic mass is 10.1. The lowest BCUT2D eigenvalue weighted by Gasteiger charge is -2.36. The summed E-state index contributed by atoms with van der Waals surface area (Å²) in [7, 11) is 0. The molecule has 0 saturated carbocycles. The van der Waals surface area contributed by atoms with E-state index in [0.717, 1.165) is 10.9 Å². The molecule has 0 aliphatic carbocycles. The fourth-order valence-electron chi connectivity index (χ4n) is 4.22. The van der Waals surface area contributed by atoms with Crippen LogP contribution in [-0.2, 0) is 20.9 Å². The highest BCUT2D eigenvalue weighted by Gasteiger charge is 2.28. The summed E-state index contributed by atoms with van der Waals surface area (Å²) in [6.07, 6.45) is 5.91. The van der Waals surface area contributed by atoms with Gasteiger partial charge in [0.15, 0.2) is 0 Å². The van der Waals surface area contributed by atoms with E-state index >= 15 is 0 Å². The smallest absolute Gasteiger partial charge is 0.244 e. The Balaban J connectivity index is 1.23. The zero-order valence-corrected chi connectivity index (χ0v) is 19.3. The van der Waals surface area contributed by atoms with Crippen molar-refractivity contribution >= 4 is 28.6 Å². The van der Waals surface area contributed by atoms with Gasteiger partial charge in [0.1, 0.15) is 12.1 Å². The van der Waals surface area contributed by atoms with E-state index in [1.165, 1.54) is 0 Å². The van der Waals surface area contributed by atoms with Gasteiger partial charge in [0.25, 0.3) is 0 Å². The van der Waals surface area contributed by atoms with Crippen molar-refractivity contribution in [2.45, 2.75) is 32.0 Å². The Morgan fingerprint density at radius 3 is 2.47 bits per heavy atom. The molecule has 9 nitrogen and oxygen atoms in total. The SMILES string of the molecule is CC(NC(=O)C(N)c1ccccc1)C(=O)N1CCN(C(=O)CCn2ccc3ccncc32)CC1. The first kappa shape index (κ1) is 23.4. The van der Waals surface area contributed by atoms with Crippen molar-refractivity contribution < 1.29 is 14.4 Å². The number of nitrogens with one attached hydrogen (secondary N) is 1. The zero-order chi connectivity index (χ0) is 24.1. The first-order valence-electron chi connectivity index (χ1n) is 11.5. The van der Waals surface area contributed by atoms with Gasteiger partial charge in [-0.15, -0.1) is 0 Å². The topological polar surface area (TPSA) is 114 Å². The molecule has 0 spiro atoms. The van der Waals surface area contributed by atoms with E-state index in [4.69, 9.17) is 5.73 Å². The molecule has 34 heavy (non-hydrogen) atoms. The first-order chi connectivity index (χ1) is 16.4. The summed E-state index contributed by atoms with van der Waals surface area (Å²) >= 11 is 0. The van der Waals surface area contributed by atoms with Crippen molar-refractivity contribution in [3.05, 3.63) is 66.6 Å². The number of amides is 3. The van der Waals surface area contributed by atoms with E-state index < -0.39 is 18.0 Å². The molecule has 1 aromatic carbocycles. The minimum atomic E-state index is -0.834. The average molecular weight is 463 g/mol. The van der Waals surface area contributed by atoms with Crippen molar-refractivity contribution in [1.29, 1.82) is 0 Å².